The van der Waals surface area contributed by atoms with Gasteiger partial charge in [-0.2, -0.15) is 0 Å². The van der Waals surface area contributed by atoms with Crippen molar-refractivity contribution in [2.75, 3.05) is 0 Å². The summed E-state index contributed by atoms with van der Waals surface area (Å²) in [5, 5.41) is 1.57. The molecule has 6 aromatic rings. The van der Waals surface area contributed by atoms with Crippen molar-refractivity contribution in [1.29, 1.82) is 0 Å². The number of hydrogen-bond donors (Lipinski definition) is 0. The fourth-order valence-corrected chi connectivity index (χ4v) is 18.5. The Hall–Kier alpha value is -3.29. The van der Waals surface area contributed by atoms with Crippen LogP contribution in [0, 0.1) is 13.8 Å². The van der Waals surface area contributed by atoms with Gasteiger partial charge in [0.05, 0.1) is 0 Å². The maximum absolute atomic E-state index is 6.47. The van der Waals surface area contributed by atoms with E-state index in [4.69, 9.17) is 23.2 Å². The molecule has 0 nitrogen and oxygen atoms in total. The van der Waals surface area contributed by atoms with E-state index in [2.05, 4.69) is 166 Å². The van der Waals surface area contributed by atoms with Gasteiger partial charge in [0.2, 0.25) is 0 Å². The van der Waals surface area contributed by atoms with Gasteiger partial charge in [-0.25, -0.2) is 0 Å². The minimum atomic E-state index is -2.85. The maximum atomic E-state index is 6.47. The van der Waals surface area contributed by atoms with Crippen LogP contribution in [-0.2, 0) is 40.5 Å². The van der Waals surface area contributed by atoms with E-state index in [-0.39, 0.29) is 24.8 Å². The van der Waals surface area contributed by atoms with E-state index in [1.807, 2.05) is 0 Å². The molecule has 0 heterocycles. The molecular weight excluding hydrogens is 846 g/mol. The van der Waals surface area contributed by atoms with Crippen LogP contribution in [0.3, 0.4) is 0 Å². The van der Waals surface area contributed by atoms with Crippen molar-refractivity contribution < 1.29 is 46.1 Å². The Balaban J connectivity index is 0.00000266. The number of unbranched alkanes of at least 4 members (excludes halogenated alkanes) is 1. The van der Waals surface area contributed by atoms with Gasteiger partial charge in [0.15, 0.2) is 0 Å². The molecule has 0 fully saturated rings. The van der Waals surface area contributed by atoms with Crippen LogP contribution in [0.25, 0.3) is 33.4 Å². The van der Waals surface area contributed by atoms with E-state index < -0.39 is 21.3 Å². The van der Waals surface area contributed by atoms with Crippen molar-refractivity contribution in [3.63, 3.8) is 0 Å². The molecule has 8 rings (SSSR count). The average molecular weight is 892 g/mol. The first kappa shape index (κ1) is 42.3. The van der Waals surface area contributed by atoms with Crippen LogP contribution in [0.1, 0.15) is 68.8 Å². The Kier molecular flexibility index (Phi) is 14.3. The second-order valence-electron chi connectivity index (χ2n) is 15.0. The summed E-state index contributed by atoms with van der Waals surface area (Å²) in [6.07, 6.45) is 13.6. The summed E-state index contributed by atoms with van der Waals surface area (Å²) in [6.45, 7) is 6.98. The molecule has 2 aliphatic carbocycles. The summed E-state index contributed by atoms with van der Waals surface area (Å²) >= 11 is 10.1. The fraction of sp³-hybridized carbons (Fsp3) is 0.196. The molecule has 282 valence electrons. The number of benzene rings is 6. The van der Waals surface area contributed by atoms with Gasteiger partial charge in [-0.3, -0.25) is 0 Å². The third-order valence-corrected chi connectivity index (χ3v) is 20.1. The van der Waals surface area contributed by atoms with Gasteiger partial charge in [0, 0.05) is 0 Å². The van der Waals surface area contributed by atoms with Crippen molar-refractivity contribution in [1.82, 2.24) is 0 Å². The van der Waals surface area contributed by atoms with E-state index in [1.54, 1.807) is 17.6 Å². The fourth-order valence-electron chi connectivity index (χ4n) is 8.87. The number of allylic oxidation sites excluding steroid dienone is 4. The second kappa shape index (κ2) is 19.0. The Morgan fingerprint density at radius 3 is 1.79 bits per heavy atom. The van der Waals surface area contributed by atoms with Gasteiger partial charge < -0.3 is 24.8 Å². The number of halogens is 4. The normalized spacial score (nSPS) is 13.5. The predicted molar refractivity (Wildman–Crippen MR) is 230 cm³/mol. The Morgan fingerprint density at radius 2 is 1.23 bits per heavy atom. The zero-order chi connectivity index (χ0) is 37.2. The first-order chi connectivity index (χ1) is 26.4. The van der Waals surface area contributed by atoms with E-state index in [0.29, 0.717) is 3.63 Å². The largest absolute Gasteiger partial charge is 1.00 e. The van der Waals surface area contributed by atoms with Crippen LogP contribution in [-0.4, -0.2) is 3.21 Å². The summed E-state index contributed by atoms with van der Waals surface area (Å²) < 4.78 is 3.74. The van der Waals surface area contributed by atoms with Crippen LogP contribution in [0.2, 0.25) is 10.0 Å². The first-order valence-corrected chi connectivity index (χ1v) is 24.0. The van der Waals surface area contributed by atoms with Crippen LogP contribution >= 0.6 is 23.2 Å². The zero-order valence-electron chi connectivity index (χ0n) is 32.2. The van der Waals surface area contributed by atoms with Crippen LogP contribution in [0.15, 0.2) is 149 Å². The van der Waals surface area contributed by atoms with E-state index >= 15 is 0 Å². The third-order valence-electron chi connectivity index (χ3n) is 11.3. The number of hydrogen-bond acceptors (Lipinski definition) is 0. The van der Waals surface area contributed by atoms with E-state index in [1.165, 1.54) is 67.6 Å². The van der Waals surface area contributed by atoms with Gasteiger partial charge in [0.25, 0.3) is 0 Å². The molecule has 0 radical (unpaired) electrons. The number of fused-ring (bicyclic) bond motifs is 3. The van der Waals surface area contributed by atoms with Crippen molar-refractivity contribution in [2.24, 2.45) is 0 Å². The summed E-state index contributed by atoms with van der Waals surface area (Å²) in [4.78, 5) is 0. The summed E-state index contributed by atoms with van der Waals surface area (Å²) in [5.74, 6) is 0. The second-order valence-corrected chi connectivity index (χ2v) is 22.6. The van der Waals surface area contributed by atoms with Gasteiger partial charge in [0.1, 0.15) is 0 Å². The molecule has 2 aliphatic rings. The van der Waals surface area contributed by atoms with Crippen molar-refractivity contribution in [2.45, 2.75) is 62.9 Å². The third kappa shape index (κ3) is 8.75. The van der Waals surface area contributed by atoms with E-state index in [0.717, 1.165) is 42.1 Å². The van der Waals surface area contributed by atoms with Crippen LogP contribution in [0.4, 0.5) is 0 Å². The van der Waals surface area contributed by atoms with Crippen molar-refractivity contribution in [3.05, 3.63) is 198 Å². The van der Waals surface area contributed by atoms with Crippen molar-refractivity contribution >= 4 is 26.4 Å². The molecule has 6 aromatic carbocycles. The maximum Gasteiger partial charge on any atom is -1.00 e. The molecule has 5 heteroatoms. The van der Waals surface area contributed by atoms with Gasteiger partial charge >= 0.3 is 342 Å². The van der Waals surface area contributed by atoms with Crippen LogP contribution in [0.5, 0.6) is 0 Å². The quantitative estimate of drug-likeness (QED) is 0.123. The first-order valence-electron chi connectivity index (χ1n) is 19.4. The molecule has 1 unspecified atom stereocenters. The molecule has 0 bridgehead atoms. The molecule has 0 saturated heterocycles. The average Bonchev–Trinajstić information content (AvgIpc) is 3.83. The van der Waals surface area contributed by atoms with Crippen molar-refractivity contribution in [3.8, 4) is 33.4 Å². The Morgan fingerprint density at radius 1 is 0.661 bits per heavy atom. The minimum Gasteiger partial charge on any atom is -1.00 e. The molecule has 0 spiro atoms. The molecule has 0 aliphatic heterocycles. The monoisotopic (exact) mass is 888 g/mol. The van der Waals surface area contributed by atoms with Gasteiger partial charge in [-0.15, -0.1) is 0 Å². The summed E-state index contributed by atoms with van der Waals surface area (Å²) in [6, 6.07) is 47.1. The van der Waals surface area contributed by atoms with Crippen LogP contribution < -0.4 is 24.8 Å². The zero-order valence-corrected chi connectivity index (χ0v) is 37.7. The Bertz CT molecular complexity index is 2360. The SMILES string of the molecule is CCCCc1c(-c2ccccc2)c(C)cc2c1[CH]([Zr+2]([C]1=CC=CC1)=[C](Cc1ccc(Cl)cc1)Cc1ccc(Cl)cc1)c1cc(-c3ccccc3)c(C)cc1-2.[Cl-].[Cl-]. The summed E-state index contributed by atoms with van der Waals surface area (Å²) in [7, 11) is 0. The minimum absolute atomic E-state index is 0. The molecule has 0 N–H and O–H groups in total. The number of aryl methyl sites for hydroxylation is 2. The smallest absolute Gasteiger partial charge is 1.00 e. The molecule has 0 aromatic heterocycles. The molecule has 0 saturated carbocycles. The standard InChI is InChI=1S/C31H29.C15H12Cl2.C5H5.2ClH.Zr/c1-4-5-16-26-30-20-25-19-27(23-12-8-6-9-13-23)21(2)17-28(25)29(30)18-22(3)31(26)24-14-10-7-11-15-24;16-14-8-4-12(5-9-14)2-1-3-13-6-10-15(17)11-7-13;1-2-4-5-3-1;;;/h6-15,17-20H,4-5,16H2,1-3H3;4-11H,2-3H2;1-3H,4H2;2*1H;/q;;;;;+2/p-2. The summed E-state index contributed by atoms with van der Waals surface area (Å²) in [5.41, 5.74) is 18.4. The Labute approximate surface area is 363 Å². The van der Waals surface area contributed by atoms with E-state index in [9.17, 15) is 0 Å². The van der Waals surface area contributed by atoms with Gasteiger partial charge in [-0.05, 0) is 0 Å². The molecule has 1 atom stereocenters. The predicted octanol–water partition coefficient (Wildman–Crippen LogP) is 8.48. The topological polar surface area (TPSA) is 0 Å². The number of rotatable bonds is 11. The molecule has 56 heavy (non-hydrogen) atoms. The van der Waals surface area contributed by atoms with Gasteiger partial charge in [-0.1, -0.05) is 0 Å². The molecular formula is C51H46Cl4Zr. The molecule has 0 amide bonds.